The fourth-order valence-corrected chi connectivity index (χ4v) is 1.22. The Morgan fingerprint density at radius 1 is 1.59 bits per heavy atom. The molecule has 8 heteroatoms. The van der Waals surface area contributed by atoms with Crippen molar-refractivity contribution in [3.05, 3.63) is 34.8 Å². The maximum atomic E-state index is 11.6. The molecule has 8 nitrogen and oxygen atoms in total. The zero-order valence-electron chi connectivity index (χ0n) is 9.04. The second-order valence-corrected chi connectivity index (χ2v) is 3.32. The van der Waals surface area contributed by atoms with Crippen LogP contribution in [0, 0.1) is 6.92 Å². The van der Waals surface area contributed by atoms with Gasteiger partial charge < -0.3 is 0 Å². The van der Waals surface area contributed by atoms with Gasteiger partial charge in [-0.15, -0.1) is 5.10 Å². The summed E-state index contributed by atoms with van der Waals surface area (Å²) >= 11 is 0. The van der Waals surface area contributed by atoms with Crippen molar-refractivity contribution in [2.24, 2.45) is 0 Å². The van der Waals surface area contributed by atoms with Gasteiger partial charge in [0, 0.05) is 12.4 Å². The first-order valence-corrected chi connectivity index (χ1v) is 4.85. The van der Waals surface area contributed by atoms with Crippen molar-refractivity contribution in [1.82, 2.24) is 24.7 Å². The molecule has 88 valence electrons. The van der Waals surface area contributed by atoms with Crippen LogP contribution in [-0.4, -0.2) is 30.6 Å². The summed E-state index contributed by atoms with van der Waals surface area (Å²) in [6.45, 7) is 1.59. The number of amides is 1. The van der Waals surface area contributed by atoms with E-state index in [9.17, 15) is 9.59 Å². The van der Waals surface area contributed by atoms with Crippen LogP contribution in [0.2, 0.25) is 0 Å². The highest BCUT2D eigenvalue weighted by atomic mass is 16.2. The smallest absolute Gasteiger partial charge is 0.292 e. The lowest BCUT2D eigenvalue weighted by Crippen LogP contribution is -2.28. The average Bonchev–Trinajstić information content (AvgIpc) is 2.67. The van der Waals surface area contributed by atoms with E-state index in [1.807, 2.05) is 0 Å². The number of nitrogens with zero attached hydrogens (tertiary/aromatic N) is 4. The topological polar surface area (TPSA) is 106 Å². The molecule has 0 saturated carbocycles. The predicted molar refractivity (Wildman–Crippen MR) is 58.2 cm³/mol. The van der Waals surface area contributed by atoms with E-state index in [1.165, 1.54) is 17.0 Å². The first-order valence-electron chi connectivity index (χ1n) is 4.85. The van der Waals surface area contributed by atoms with Gasteiger partial charge in [-0.05, 0) is 13.0 Å². The fraction of sp³-hybridized carbons (Fsp3) is 0.222. The maximum Gasteiger partial charge on any atom is 0.347 e. The highest BCUT2D eigenvalue weighted by Gasteiger charge is 2.07. The van der Waals surface area contributed by atoms with Crippen molar-refractivity contribution >= 4 is 11.9 Å². The third-order valence-electron chi connectivity index (χ3n) is 1.95. The van der Waals surface area contributed by atoms with Gasteiger partial charge in [0.15, 0.2) is 0 Å². The largest absolute Gasteiger partial charge is 0.347 e. The summed E-state index contributed by atoms with van der Waals surface area (Å²) in [5, 5.41) is 8.80. The van der Waals surface area contributed by atoms with Gasteiger partial charge in [0.25, 0.3) is 0 Å². The zero-order valence-corrected chi connectivity index (χ0v) is 9.04. The lowest BCUT2D eigenvalue weighted by atomic mass is 10.5. The van der Waals surface area contributed by atoms with Crippen LogP contribution in [0.1, 0.15) is 5.82 Å². The van der Waals surface area contributed by atoms with Crippen molar-refractivity contribution < 1.29 is 4.79 Å². The van der Waals surface area contributed by atoms with Crippen molar-refractivity contribution in [3.63, 3.8) is 0 Å². The monoisotopic (exact) mass is 234 g/mol. The molecule has 0 aliphatic heterocycles. The van der Waals surface area contributed by atoms with E-state index in [0.29, 0.717) is 5.82 Å². The summed E-state index contributed by atoms with van der Waals surface area (Å²) in [4.78, 5) is 30.2. The number of aromatic nitrogens is 5. The van der Waals surface area contributed by atoms with E-state index in [2.05, 4.69) is 25.5 Å². The number of nitrogens with one attached hydrogen (secondary N) is 2. The van der Waals surface area contributed by atoms with E-state index < -0.39 is 5.69 Å². The molecule has 0 saturated heterocycles. The number of hydrogen-bond donors (Lipinski definition) is 2. The Morgan fingerprint density at radius 2 is 2.41 bits per heavy atom. The Balaban J connectivity index is 2.03. The normalized spacial score (nSPS) is 10.2. The average molecular weight is 234 g/mol. The number of H-pyrrole nitrogens is 1. The molecule has 2 aromatic heterocycles. The van der Waals surface area contributed by atoms with E-state index in [0.717, 1.165) is 0 Å². The number of hydrogen-bond acceptors (Lipinski definition) is 5. The minimum absolute atomic E-state index is 0.125. The summed E-state index contributed by atoms with van der Waals surface area (Å²) in [5.74, 6) is 0.391. The molecule has 0 unspecified atom stereocenters. The zero-order chi connectivity index (χ0) is 12.3. The van der Waals surface area contributed by atoms with Gasteiger partial charge in [-0.2, -0.15) is 4.98 Å². The number of rotatable bonds is 3. The molecular formula is C9H10N6O2. The Bertz CT molecular complexity index is 587. The molecule has 2 N–H and O–H groups in total. The number of aryl methyl sites for hydroxylation is 1. The molecule has 0 spiro atoms. The molecule has 0 fully saturated rings. The van der Waals surface area contributed by atoms with Crippen LogP contribution in [-0.2, 0) is 11.3 Å². The first-order chi connectivity index (χ1) is 8.15. The van der Waals surface area contributed by atoms with Crippen LogP contribution >= 0.6 is 0 Å². The van der Waals surface area contributed by atoms with Crippen molar-refractivity contribution in [3.8, 4) is 0 Å². The SMILES string of the molecule is Cc1nc(NC(=O)Cn2cccnc2=O)n[nH]1. The van der Waals surface area contributed by atoms with Crippen LogP contribution in [0.5, 0.6) is 0 Å². The van der Waals surface area contributed by atoms with Crippen LogP contribution in [0.4, 0.5) is 5.95 Å². The third-order valence-corrected chi connectivity index (χ3v) is 1.95. The minimum atomic E-state index is -0.478. The number of aromatic amines is 1. The van der Waals surface area contributed by atoms with E-state index in [-0.39, 0.29) is 18.4 Å². The molecule has 0 radical (unpaired) electrons. The molecule has 0 aromatic carbocycles. The second-order valence-electron chi connectivity index (χ2n) is 3.32. The summed E-state index contributed by atoms with van der Waals surface area (Å²) < 4.78 is 1.19. The number of carbonyl (C=O) groups excluding carboxylic acids is 1. The van der Waals surface area contributed by atoms with E-state index in [4.69, 9.17) is 0 Å². The molecular weight excluding hydrogens is 224 g/mol. The Hall–Kier alpha value is -2.51. The molecule has 0 bridgehead atoms. The van der Waals surface area contributed by atoms with Gasteiger partial charge in [0.1, 0.15) is 12.4 Å². The van der Waals surface area contributed by atoms with Gasteiger partial charge in [-0.3, -0.25) is 19.8 Å². The summed E-state index contributed by atoms with van der Waals surface area (Å²) in [6.07, 6.45) is 2.85. The second kappa shape index (κ2) is 4.56. The molecule has 17 heavy (non-hydrogen) atoms. The van der Waals surface area contributed by atoms with Gasteiger partial charge in [0.2, 0.25) is 11.9 Å². The van der Waals surface area contributed by atoms with E-state index in [1.54, 1.807) is 13.0 Å². The van der Waals surface area contributed by atoms with Crippen LogP contribution in [0.3, 0.4) is 0 Å². The molecule has 1 amide bonds. The highest BCUT2D eigenvalue weighted by Crippen LogP contribution is 1.96. The molecule has 0 aliphatic carbocycles. The molecule has 0 aliphatic rings. The predicted octanol–water partition coefficient (Wildman–Crippen LogP) is -0.691. The Morgan fingerprint density at radius 3 is 3.06 bits per heavy atom. The molecule has 2 rings (SSSR count). The van der Waals surface area contributed by atoms with E-state index >= 15 is 0 Å². The van der Waals surface area contributed by atoms with Crippen LogP contribution < -0.4 is 11.0 Å². The number of anilines is 1. The van der Waals surface area contributed by atoms with Gasteiger partial charge in [-0.1, -0.05) is 0 Å². The quantitative estimate of drug-likeness (QED) is 0.731. The number of carbonyl (C=O) groups is 1. The van der Waals surface area contributed by atoms with Crippen LogP contribution in [0.25, 0.3) is 0 Å². The van der Waals surface area contributed by atoms with Gasteiger partial charge >= 0.3 is 5.69 Å². The van der Waals surface area contributed by atoms with Gasteiger partial charge in [0.05, 0.1) is 0 Å². The Kier molecular flexibility index (Phi) is 2.95. The van der Waals surface area contributed by atoms with Gasteiger partial charge in [-0.25, -0.2) is 9.78 Å². The highest BCUT2D eigenvalue weighted by molar-refractivity contribution is 5.88. The first kappa shape index (κ1) is 11.0. The summed E-state index contributed by atoms with van der Waals surface area (Å²) in [5.41, 5.74) is -0.478. The lowest BCUT2D eigenvalue weighted by molar-refractivity contribution is -0.116. The molecule has 2 aromatic rings. The van der Waals surface area contributed by atoms with Crippen molar-refractivity contribution in [1.29, 1.82) is 0 Å². The minimum Gasteiger partial charge on any atom is -0.292 e. The lowest BCUT2D eigenvalue weighted by Gasteiger charge is -2.02. The summed E-state index contributed by atoms with van der Waals surface area (Å²) in [6, 6.07) is 1.58. The maximum absolute atomic E-state index is 11.6. The standard InChI is InChI=1S/C9H10N6O2/c1-6-11-8(14-13-6)12-7(16)5-15-4-2-3-10-9(15)17/h2-4H,5H2,1H3,(H2,11,12,13,14,16). The van der Waals surface area contributed by atoms with Crippen LogP contribution in [0.15, 0.2) is 23.3 Å². The summed E-state index contributed by atoms with van der Waals surface area (Å²) in [7, 11) is 0. The Labute approximate surface area is 95.7 Å². The third kappa shape index (κ3) is 2.74. The fourth-order valence-electron chi connectivity index (χ4n) is 1.22. The molecule has 0 atom stereocenters. The van der Waals surface area contributed by atoms with Crippen molar-refractivity contribution in [2.45, 2.75) is 13.5 Å². The van der Waals surface area contributed by atoms with Crippen molar-refractivity contribution in [2.75, 3.05) is 5.32 Å². The molecule has 2 heterocycles.